The van der Waals surface area contributed by atoms with Gasteiger partial charge in [0.25, 0.3) is 0 Å². The summed E-state index contributed by atoms with van der Waals surface area (Å²) in [5.74, 6) is 0.531. The molecule has 0 fully saturated rings. The van der Waals surface area contributed by atoms with E-state index in [1.54, 1.807) is 43.4 Å². The second kappa shape index (κ2) is 8.59. The van der Waals surface area contributed by atoms with E-state index in [0.29, 0.717) is 22.9 Å². The van der Waals surface area contributed by atoms with Crippen LogP contribution in [0.3, 0.4) is 0 Å². The van der Waals surface area contributed by atoms with Gasteiger partial charge in [0, 0.05) is 46.7 Å². The maximum Gasteiger partial charge on any atom is 0.229 e. The molecule has 0 aromatic carbocycles. The predicted molar refractivity (Wildman–Crippen MR) is 141 cm³/mol. The van der Waals surface area contributed by atoms with Gasteiger partial charge >= 0.3 is 0 Å². The standard InChI is InChI=1S/C27H23N9O/c1-27(2,3)26(37)32-17-8-16(10-29-11-17)20-9-18-21(14-31-20)35-36-24(18)25-33-22-13-30-12-19(23(22)34-25)15-4-6-28-7-5-15/h4-14H,1-3H3,(H,32,37)(H,33,34)(H,35,36). The minimum atomic E-state index is -0.516. The number of hydrogen-bond donors (Lipinski definition) is 3. The number of hydrogen-bond acceptors (Lipinski definition) is 7. The second-order valence-electron chi connectivity index (χ2n) is 9.76. The van der Waals surface area contributed by atoms with E-state index in [9.17, 15) is 4.79 Å². The van der Waals surface area contributed by atoms with Crippen LogP contribution in [0.15, 0.2) is 67.6 Å². The molecule has 0 unspecified atom stereocenters. The van der Waals surface area contributed by atoms with E-state index < -0.39 is 5.41 Å². The number of imidazole rings is 1. The number of carbonyl (C=O) groups excluding carboxylic acids is 1. The summed E-state index contributed by atoms with van der Waals surface area (Å²) in [6.07, 6.45) is 12.1. The number of nitrogens with zero attached hydrogens (tertiary/aromatic N) is 6. The smallest absolute Gasteiger partial charge is 0.229 e. The van der Waals surface area contributed by atoms with Gasteiger partial charge in [0.2, 0.25) is 5.91 Å². The van der Waals surface area contributed by atoms with E-state index in [1.807, 2.05) is 45.0 Å². The normalized spacial score (nSPS) is 11.8. The van der Waals surface area contributed by atoms with Crippen LogP contribution >= 0.6 is 0 Å². The molecule has 1 amide bonds. The van der Waals surface area contributed by atoms with Gasteiger partial charge in [0.15, 0.2) is 5.82 Å². The van der Waals surface area contributed by atoms with Crippen molar-refractivity contribution in [3.05, 3.63) is 67.6 Å². The lowest BCUT2D eigenvalue weighted by molar-refractivity contribution is -0.123. The van der Waals surface area contributed by atoms with Crippen LogP contribution in [0.5, 0.6) is 0 Å². The van der Waals surface area contributed by atoms with Gasteiger partial charge in [-0.05, 0) is 29.8 Å². The third-order valence-corrected chi connectivity index (χ3v) is 6.03. The van der Waals surface area contributed by atoms with Crippen molar-refractivity contribution in [2.45, 2.75) is 20.8 Å². The van der Waals surface area contributed by atoms with Crippen molar-refractivity contribution in [1.82, 2.24) is 40.1 Å². The van der Waals surface area contributed by atoms with Crippen LogP contribution < -0.4 is 5.32 Å². The minimum Gasteiger partial charge on any atom is -0.335 e. The summed E-state index contributed by atoms with van der Waals surface area (Å²) in [7, 11) is 0. The van der Waals surface area contributed by atoms with Gasteiger partial charge in [0.1, 0.15) is 5.69 Å². The summed E-state index contributed by atoms with van der Waals surface area (Å²) in [5, 5.41) is 11.3. The molecule has 0 aliphatic rings. The molecule has 0 aliphatic carbocycles. The molecule has 3 N–H and O–H groups in total. The van der Waals surface area contributed by atoms with Crippen molar-refractivity contribution in [3.63, 3.8) is 0 Å². The Labute approximate surface area is 211 Å². The molecule has 6 heterocycles. The highest BCUT2D eigenvalue weighted by Crippen LogP contribution is 2.32. The van der Waals surface area contributed by atoms with Gasteiger partial charge in [0.05, 0.1) is 46.5 Å². The number of anilines is 1. The van der Waals surface area contributed by atoms with E-state index >= 15 is 0 Å². The fourth-order valence-electron chi connectivity index (χ4n) is 4.01. The van der Waals surface area contributed by atoms with E-state index in [1.165, 1.54) is 0 Å². The Bertz CT molecular complexity index is 1760. The van der Waals surface area contributed by atoms with Crippen LogP contribution in [-0.2, 0) is 4.79 Å². The van der Waals surface area contributed by atoms with E-state index in [0.717, 1.165) is 38.6 Å². The Morgan fingerprint density at radius 2 is 1.70 bits per heavy atom. The molecule has 182 valence electrons. The molecule has 37 heavy (non-hydrogen) atoms. The Kier molecular flexibility index (Phi) is 5.22. The molecule has 0 spiro atoms. The number of amides is 1. The maximum atomic E-state index is 12.4. The van der Waals surface area contributed by atoms with Crippen LogP contribution in [0.4, 0.5) is 5.69 Å². The van der Waals surface area contributed by atoms with Gasteiger partial charge in [-0.25, -0.2) is 4.98 Å². The number of fused-ring (bicyclic) bond motifs is 2. The lowest BCUT2D eigenvalue weighted by Gasteiger charge is -2.17. The predicted octanol–water partition coefficient (Wildman–Crippen LogP) is 5.00. The van der Waals surface area contributed by atoms with Crippen LogP contribution in [0.25, 0.3) is 55.8 Å². The first-order valence-electron chi connectivity index (χ1n) is 11.7. The number of H-pyrrole nitrogens is 2. The van der Waals surface area contributed by atoms with Crippen molar-refractivity contribution in [2.75, 3.05) is 5.32 Å². The molecule has 0 atom stereocenters. The molecule has 0 saturated heterocycles. The second-order valence-corrected chi connectivity index (χ2v) is 9.76. The third-order valence-electron chi connectivity index (χ3n) is 6.03. The average Bonchev–Trinajstić information content (AvgIpc) is 3.52. The van der Waals surface area contributed by atoms with Gasteiger partial charge in [-0.2, -0.15) is 5.10 Å². The molecule has 6 aromatic rings. The molecule has 10 heteroatoms. The number of nitrogens with one attached hydrogen (secondary N) is 3. The van der Waals surface area contributed by atoms with Crippen molar-refractivity contribution in [1.29, 1.82) is 0 Å². The van der Waals surface area contributed by atoms with Crippen molar-refractivity contribution < 1.29 is 4.79 Å². The van der Waals surface area contributed by atoms with E-state index in [4.69, 9.17) is 4.98 Å². The summed E-state index contributed by atoms with van der Waals surface area (Å²) < 4.78 is 0. The molecule has 0 bridgehead atoms. The van der Waals surface area contributed by atoms with Gasteiger partial charge in [-0.1, -0.05) is 20.8 Å². The topological polar surface area (TPSA) is 138 Å². The zero-order valence-electron chi connectivity index (χ0n) is 20.4. The Morgan fingerprint density at radius 1 is 0.892 bits per heavy atom. The first-order valence-corrected chi connectivity index (χ1v) is 11.7. The third kappa shape index (κ3) is 4.18. The number of rotatable bonds is 4. The van der Waals surface area contributed by atoms with Gasteiger partial charge in [-0.15, -0.1) is 0 Å². The summed E-state index contributed by atoms with van der Waals surface area (Å²) in [6.45, 7) is 5.59. The van der Waals surface area contributed by atoms with Crippen LogP contribution in [0.1, 0.15) is 20.8 Å². The summed E-state index contributed by atoms with van der Waals surface area (Å²) in [4.78, 5) is 38.0. The van der Waals surface area contributed by atoms with Crippen molar-refractivity contribution >= 4 is 33.5 Å². The monoisotopic (exact) mass is 489 g/mol. The zero-order valence-corrected chi connectivity index (χ0v) is 20.4. The Balaban J connectivity index is 1.40. The Morgan fingerprint density at radius 3 is 2.51 bits per heavy atom. The van der Waals surface area contributed by atoms with Crippen LogP contribution in [0, 0.1) is 5.41 Å². The molecule has 6 aromatic heterocycles. The number of aromatic nitrogens is 8. The fraction of sp³-hybridized carbons (Fsp3) is 0.148. The molecule has 0 aliphatic heterocycles. The molecule has 0 saturated carbocycles. The highest BCUT2D eigenvalue weighted by atomic mass is 16.2. The lowest BCUT2D eigenvalue weighted by atomic mass is 9.95. The molecular weight excluding hydrogens is 466 g/mol. The first kappa shape index (κ1) is 22.5. The van der Waals surface area contributed by atoms with Crippen LogP contribution in [-0.4, -0.2) is 46.0 Å². The average molecular weight is 490 g/mol. The number of pyridine rings is 4. The van der Waals surface area contributed by atoms with Crippen molar-refractivity contribution in [3.8, 4) is 33.9 Å². The van der Waals surface area contributed by atoms with E-state index in [-0.39, 0.29) is 5.91 Å². The highest BCUT2D eigenvalue weighted by molar-refractivity contribution is 5.98. The maximum absolute atomic E-state index is 12.4. The Hall–Kier alpha value is -4.99. The van der Waals surface area contributed by atoms with Gasteiger partial charge < -0.3 is 10.3 Å². The fourth-order valence-corrected chi connectivity index (χ4v) is 4.01. The molecular formula is C27H23N9O. The summed E-state index contributed by atoms with van der Waals surface area (Å²) in [6, 6.07) is 7.66. The lowest BCUT2D eigenvalue weighted by Crippen LogP contribution is -2.27. The van der Waals surface area contributed by atoms with Crippen molar-refractivity contribution in [2.24, 2.45) is 5.41 Å². The molecule has 10 nitrogen and oxygen atoms in total. The molecule has 0 radical (unpaired) electrons. The highest BCUT2D eigenvalue weighted by Gasteiger charge is 2.21. The quantitative estimate of drug-likeness (QED) is 0.317. The van der Waals surface area contributed by atoms with Gasteiger partial charge in [-0.3, -0.25) is 29.8 Å². The minimum absolute atomic E-state index is 0.0857. The van der Waals surface area contributed by atoms with Crippen LogP contribution in [0.2, 0.25) is 0 Å². The summed E-state index contributed by atoms with van der Waals surface area (Å²) >= 11 is 0. The zero-order chi connectivity index (χ0) is 25.6. The van der Waals surface area contributed by atoms with E-state index in [2.05, 4.69) is 40.4 Å². The SMILES string of the molecule is CC(C)(C)C(=O)Nc1cncc(-c2cc3c(-c4nc5c(-c6ccncc6)cncc5[nH]4)n[nH]c3cn2)c1. The number of aromatic amines is 2. The molecule has 6 rings (SSSR count). The first-order chi connectivity index (χ1) is 17.9. The summed E-state index contributed by atoms with van der Waals surface area (Å²) in [5.41, 5.74) is 6.50. The number of carbonyl (C=O) groups is 1. The largest absolute Gasteiger partial charge is 0.335 e.